The quantitative estimate of drug-likeness (QED) is 0.894. The third-order valence-electron chi connectivity index (χ3n) is 5.34. The highest BCUT2D eigenvalue weighted by Gasteiger charge is 2.55. The van der Waals surface area contributed by atoms with E-state index in [2.05, 4.69) is 4.98 Å². The van der Waals surface area contributed by atoms with E-state index in [0.717, 1.165) is 23.7 Å². The fourth-order valence-corrected chi connectivity index (χ4v) is 4.15. The van der Waals surface area contributed by atoms with Gasteiger partial charge in [0.05, 0.1) is 5.41 Å². The Labute approximate surface area is 127 Å². The van der Waals surface area contributed by atoms with Crippen molar-refractivity contribution in [2.45, 2.75) is 19.3 Å². The fourth-order valence-electron chi connectivity index (χ4n) is 4.15. The number of nitrogens with zero attached hydrogens (tertiary/aromatic N) is 1. The predicted molar refractivity (Wildman–Crippen MR) is 81.6 cm³/mol. The molecule has 22 heavy (non-hydrogen) atoms. The number of carbonyl (C=O) groups is 2. The number of carbonyl (C=O) groups excluding carboxylic acids is 1. The molecule has 1 aliphatic heterocycles. The Morgan fingerprint density at radius 2 is 2.14 bits per heavy atom. The molecule has 5 nitrogen and oxygen atoms in total. The summed E-state index contributed by atoms with van der Waals surface area (Å²) in [6, 6.07) is 9.60. The minimum absolute atomic E-state index is 0.0915. The number of likely N-dealkylation sites (tertiary alicyclic amines) is 1. The summed E-state index contributed by atoms with van der Waals surface area (Å²) in [6.45, 7) is 0.891. The minimum Gasteiger partial charge on any atom is -0.481 e. The molecule has 0 bridgehead atoms. The molecule has 1 aromatic heterocycles. The summed E-state index contributed by atoms with van der Waals surface area (Å²) in [5, 5.41) is 10.6. The Hall–Kier alpha value is -2.30. The van der Waals surface area contributed by atoms with Crippen LogP contribution in [0.25, 0.3) is 10.9 Å². The van der Waals surface area contributed by atoms with Crippen LogP contribution in [0.15, 0.2) is 30.3 Å². The van der Waals surface area contributed by atoms with Gasteiger partial charge in [-0.15, -0.1) is 0 Å². The molecule has 4 rings (SSSR count). The van der Waals surface area contributed by atoms with E-state index in [0.29, 0.717) is 25.2 Å². The molecule has 2 N–H and O–H groups in total. The predicted octanol–water partition coefficient (Wildman–Crippen LogP) is 2.49. The molecule has 1 saturated carbocycles. The Bertz CT molecular complexity index is 733. The summed E-state index contributed by atoms with van der Waals surface area (Å²) >= 11 is 0. The van der Waals surface area contributed by atoms with Crippen molar-refractivity contribution in [1.29, 1.82) is 0 Å². The molecular weight excluding hydrogens is 280 g/mol. The number of aliphatic carboxylic acids is 1. The van der Waals surface area contributed by atoms with Crippen LogP contribution in [-0.4, -0.2) is 40.0 Å². The number of fused-ring (bicyclic) bond motifs is 2. The van der Waals surface area contributed by atoms with Crippen molar-refractivity contribution in [3.63, 3.8) is 0 Å². The maximum absolute atomic E-state index is 12.7. The van der Waals surface area contributed by atoms with Gasteiger partial charge in [-0.25, -0.2) is 0 Å². The summed E-state index contributed by atoms with van der Waals surface area (Å²) in [4.78, 5) is 29.3. The van der Waals surface area contributed by atoms with Crippen molar-refractivity contribution in [1.82, 2.24) is 9.88 Å². The lowest BCUT2D eigenvalue weighted by Gasteiger charge is -2.23. The molecule has 1 aromatic carbocycles. The second-order valence-electron chi connectivity index (χ2n) is 6.51. The van der Waals surface area contributed by atoms with E-state index < -0.39 is 11.4 Å². The smallest absolute Gasteiger partial charge is 0.311 e. The third kappa shape index (κ3) is 1.78. The highest BCUT2D eigenvalue weighted by molar-refractivity contribution is 5.98. The van der Waals surface area contributed by atoms with Crippen molar-refractivity contribution in [2.24, 2.45) is 11.3 Å². The van der Waals surface area contributed by atoms with Gasteiger partial charge >= 0.3 is 5.97 Å². The van der Waals surface area contributed by atoms with Crippen LogP contribution in [0, 0.1) is 11.3 Å². The van der Waals surface area contributed by atoms with Crippen LogP contribution < -0.4 is 0 Å². The van der Waals surface area contributed by atoms with Crippen LogP contribution in [0.4, 0.5) is 0 Å². The number of amides is 1. The first-order valence-electron chi connectivity index (χ1n) is 7.70. The molecule has 2 fully saturated rings. The minimum atomic E-state index is -0.748. The van der Waals surface area contributed by atoms with Crippen LogP contribution >= 0.6 is 0 Å². The summed E-state index contributed by atoms with van der Waals surface area (Å²) in [5.74, 6) is -0.744. The van der Waals surface area contributed by atoms with E-state index in [1.807, 2.05) is 30.3 Å². The number of aromatic amines is 1. The van der Waals surface area contributed by atoms with Gasteiger partial charge in [0.1, 0.15) is 5.69 Å². The van der Waals surface area contributed by atoms with E-state index >= 15 is 0 Å². The molecule has 0 radical (unpaired) electrons. The van der Waals surface area contributed by atoms with Crippen LogP contribution in [0.5, 0.6) is 0 Å². The number of benzene rings is 1. The van der Waals surface area contributed by atoms with E-state index in [9.17, 15) is 14.7 Å². The van der Waals surface area contributed by atoms with Gasteiger partial charge in [0.25, 0.3) is 5.91 Å². The van der Waals surface area contributed by atoms with Crippen molar-refractivity contribution >= 4 is 22.8 Å². The van der Waals surface area contributed by atoms with Crippen LogP contribution in [-0.2, 0) is 4.79 Å². The Morgan fingerprint density at radius 3 is 2.86 bits per heavy atom. The van der Waals surface area contributed by atoms with Crippen molar-refractivity contribution in [3.05, 3.63) is 36.0 Å². The Morgan fingerprint density at radius 1 is 1.32 bits per heavy atom. The summed E-state index contributed by atoms with van der Waals surface area (Å²) in [7, 11) is 0. The normalized spacial score (nSPS) is 27.3. The number of H-pyrrole nitrogens is 1. The third-order valence-corrected chi connectivity index (χ3v) is 5.34. The summed E-state index contributed by atoms with van der Waals surface area (Å²) in [5.41, 5.74) is 0.752. The molecule has 2 aliphatic rings. The van der Waals surface area contributed by atoms with Gasteiger partial charge in [0.15, 0.2) is 0 Å². The monoisotopic (exact) mass is 298 g/mol. The largest absolute Gasteiger partial charge is 0.481 e. The molecule has 2 heterocycles. The van der Waals surface area contributed by atoms with E-state index in [-0.39, 0.29) is 11.8 Å². The molecule has 1 saturated heterocycles. The van der Waals surface area contributed by atoms with Gasteiger partial charge in [0, 0.05) is 24.0 Å². The molecular formula is C17H18N2O3. The lowest BCUT2D eigenvalue weighted by atomic mass is 9.81. The first-order chi connectivity index (χ1) is 10.6. The molecule has 2 atom stereocenters. The number of aromatic nitrogens is 1. The topological polar surface area (TPSA) is 73.4 Å². The van der Waals surface area contributed by atoms with Gasteiger partial charge in [-0.2, -0.15) is 0 Å². The maximum Gasteiger partial charge on any atom is 0.311 e. The Balaban J connectivity index is 1.63. The number of carboxylic acid groups (broad SMARTS) is 1. The zero-order valence-corrected chi connectivity index (χ0v) is 12.2. The van der Waals surface area contributed by atoms with Crippen LogP contribution in [0.1, 0.15) is 29.8 Å². The van der Waals surface area contributed by atoms with E-state index in [4.69, 9.17) is 0 Å². The summed E-state index contributed by atoms with van der Waals surface area (Å²) in [6.07, 6.45) is 2.54. The highest BCUT2D eigenvalue weighted by Crippen LogP contribution is 2.49. The fraction of sp³-hybridized carbons (Fsp3) is 0.412. The number of carboxylic acids is 1. The van der Waals surface area contributed by atoms with Crippen molar-refractivity contribution in [2.75, 3.05) is 13.1 Å². The SMILES string of the molecule is O=C(c1cc2ccccc2[nH]1)N1C[C@@H]2CCC[C@@]2(C(=O)O)C1. The van der Waals surface area contributed by atoms with Gasteiger partial charge in [-0.3, -0.25) is 9.59 Å². The summed E-state index contributed by atoms with van der Waals surface area (Å²) < 4.78 is 0. The molecule has 0 spiro atoms. The Kier molecular flexibility index (Phi) is 2.79. The number of rotatable bonds is 2. The zero-order valence-electron chi connectivity index (χ0n) is 12.2. The average Bonchev–Trinajstić information content (AvgIpc) is 3.17. The number of para-hydroxylation sites is 1. The maximum atomic E-state index is 12.7. The molecule has 0 unspecified atom stereocenters. The standard InChI is InChI=1S/C17H18N2O3/c20-15(14-8-11-4-1-2-6-13(11)18-14)19-9-12-5-3-7-17(12,10-19)16(21)22/h1-2,4,6,8,12,18H,3,5,7,9-10H2,(H,21,22)/t12-,17+/m0/s1. The molecule has 1 amide bonds. The lowest BCUT2D eigenvalue weighted by molar-refractivity contribution is -0.149. The lowest BCUT2D eigenvalue weighted by Crippen LogP contribution is -2.37. The van der Waals surface area contributed by atoms with Gasteiger partial charge < -0.3 is 15.0 Å². The van der Waals surface area contributed by atoms with Crippen molar-refractivity contribution < 1.29 is 14.7 Å². The first kappa shape index (κ1) is 13.4. The van der Waals surface area contributed by atoms with E-state index in [1.54, 1.807) is 4.90 Å². The zero-order chi connectivity index (χ0) is 15.3. The van der Waals surface area contributed by atoms with Crippen LogP contribution in [0.2, 0.25) is 0 Å². The molecule has 1 aliphatic carbocycles. The second kappa shape index (κ2) is 4.60. The highest BCUT2D eigenvalue weighted by atomic mass is 16.4. The second-order valence-corrected chi connectivity index (χ2v) is 6.51. The number of hydrogen-bond acceptors (Lipinski definition) is 2. The van der Waals surface area contributed by atoms with Gasteiger partial charge in [-0.05, 0) is 30.9 Å². The molecule has 5 heteroatoms. The molecule has 114 valence electrons. The van der Waals surface area contributed by atoms with E-state index in [1.165, 1.54) is 0 Å². The van der Waals surface area contributed by atoms with Crippen LogP contribution in [0.3, 0.4) is 0 Å². The molecule has 2 aromatic rings. The number of nitrogens with one attached hydrogen (secondary N) is 1. The van der Waals surface area contributed by atoms with Gasteiger partial charge in [0.2, 0.25) is 0 Å². The van der Waals surface area contributed by atoms with Gasteiger partial charge in [-0.1, -0.05) is 24.6 Å². The first-order valence-corrected chi connectivity index (χ1v) is 7.70. The average molecular weight is 298 g/mol. The number of hydrogen-bond donors (Lipinski definition) is 2. The van der Waals surface area contributed by atoms with Crippen molar-refractivity contribution in [3.8, 4) is 0 Å².